The van der Waals surface area contributed by atoms with Gasteiger partial charge in [-0.05, 0) is 30.9 Å². The van der Waals surface area contributed by atoms with Gasteiger partial charge in [0.1, 0.15) is 5.82 Å². The number of aromatic nitrogens is 1. The molecule has 1 fully saturated rings. The normalized spacial score (nSPS) is 20.0. The number of carbonyl (C=O) groups is 2. The van der Waals surface area contributed by atoms with E-state index < -0.39 is 0 Å². The van der Waals surface area contributed by atoms with Crippen LogP contribution < -0.4 is 10.6 Å². The highest BCUT2D eigenvalue weighted by atomic mass is 16.5. The average molecular weight is 332 g/mol. The Hall–Kier alpha value is -2.15. The molecule has 1 saturated heterocycles. The van der Waals surface area contributed by atoms with Crippen LogP contribution in [0.5, 0.6) is 0 Å². The molecule has 24 heavy (non-hydrogen) atoms. The summed E-state index contributed by atoms with van der Waals surface area (Å²) in [6, 6.07) is 3.69. The zero-order valence-electron chi connectivity index (χ0n) is 14.0. The molecule has 2 N–H and O–H groups in total. The molecule has 0 unspecified atom stereocenters. The van der Waals surface area contributed by atoms with E-state index in [0.717, 1.165) is 37.7 Å². The number of nitrogens with one attached hydrogen (secondary N) is 2. The van der Waals surface area contributed by atoms with E-state index in [-0.39, 0.29) is 11.8 Å². The molecular weight excluding hydrogens is 308 g/mol. The van der Waals surface area contributed by atoms with Crippen molar-refractivity contribution in [3.63, 3.8) is 0 Å². The minimum Gasteiger partial charge on any atom is -0.381 e. The summed E-state index contributed by atoms with van der Waals surface area (Å²) in [6.45, 7) is 5.43. The summed E-state index contributed by atoms with van der Waals surface area (Å²) in [7, 11) is 0. The molecule has 2 aliphatic rings. The molecule has 1 aromatic rings. The lowest BCUT2D eigenvalue weighted by atomic mass is 10.0. The Morgan fingerprint density at radius 3 is 3.08 bits per heavy atom. The van der Waals surface area contributed by atoms with Gasteiger partial charge in [0.15, 0.2) is 0 Å². The summed E-state index contributed by atoms with van der Waals surface area (Å²) in [4.78, 5) is 29.5. The largest absolute Gasteiger partial charge is 0.381 e. The number of hydrogen-bond acceptors (Lipinski definition) is 5. The molecule has 0 bridgehead atoms. The fourth-order valence-corrected chi connectivity index (χ4v) is 3.10. The van der Waals surface area contributed by atoms with Crippen molar-refractivity contribution < 1.29 is 14.3 Å². The van der Waals surface area contributed by atoms with Gasteiger partial charge in [-0.15, -0.1) is 0 Å². The van der Waals surface area contributed by atoms with Crippen molar-refractivity contribution in [2.24, 2.45) is 5.92 Å². The Morgan fingerprint density at radius 1 is 1.46 bits per heavy atom. The van der Waals surface area contributed by atoms with Gasteiger partial charge in [0, 0.05) is 33.2 Å². The lowest BCUT2D eigenvalue weighted by Gasteiger charge is -2.22. The first-order chi connectivity index (χ1) is 11.6. The topological polar surface area (TPSA) is 83.6 Å². The Balaban J connectivity index is 1.55. The first-order valence-electron chi connectivity index (χ1n) is 8.48. The third kappa shape index (κ3) is 4.03. The van der Waals surface area contributed by atoms with Crippen molar-refractivity contribution in [2.45, 2.75) is 26.3 Å². The molecule has 0 aliphatic carbocycles. The van der Waals surface area contributed by atoms with Crippen LogP contribution in [0.1, 0.15) is 35.8 Å². The van der Waals surface area contributed by atoms with E-state index in [1.807, 2.05) is 12.1 Å². The second-order valence-electron chi connectivity index (χ2n) is 6.36. The van der Waals surface area contributed by atoms with Gasteiger partial charge in [0.25, 0.3) is 5.91 Å². The summed E-state index contributed by atoms with van der Waals surface area (Å²) in [5.41, 5.74) is 1.46. The molecule has 0 aromatic carbocycles. The van der Waals surface area contributed by atoms with Gasteiger partial charge in [0.05, 0.1) is 24.4 Å². The number of rotatable bonds is 6. The van der Waals surface area contributed by atoms with Gasteiger partial charge < -0.3 is 20.3 Å². The molecule has 1 atom stereocenters. The Labute approximate surface area is 141 Å². The van der Waals surface area contributed by atoms with Crippen LogP contribution in [0, 0.1) is 5.92 Å². The SMILES string of the molecule is CC(=O)NCCN1Cc2nc(NC[C@H]3CCCOC3)ccc2C1=O. The fraction of sp³-hybridized carbons (Fsp3) is 0.588. The minimum atomic E-state index is -0.0875. The monoisotopic (exact) mass is 332 g/mol. The molecule has 2 aliphatic heterocycles. The van der Waals surface area contributed by atoms with Crippen molar-refractivity contribution in [3.05, 3.63) is 23.4 Å². The third-order valence-electron chi connectivity index (χ3n) is 4.41. The first-order valence-corrected chi connectivity index (χ1v) is 8.48. The summed E-state index contributed by atoms with van der Waals surface area (Å²) in [6.07, 6.45) is 2.29. The molecule has 0 radical (unpaired) electrons. The standard InChI is InChI=1S/C17H24N4O3/c1-12(22)18-6-7-21-10-15-14(17(21)23)4-5-16(20-15)19-9-13-3-2-8-24-11-13/h4-5,13H,2-3,6-11H2,1H3,(H,18,22)(H,19,20)/t13-/m1/s1. The van der Waals surface area contributed by atoms with Crippen LogP contribution in [-0.2, 0) is 16.1 Å². The number of carbonyl (C=O) groups excluding carboxylic acids is 2. The van der Waals surface area contributed by atoms with Crippen molar-refractivity contribution >= 4 is 17.6 Å². The summed E-state index contributed by atoms with van der Waals surface area (Å²) in [5.74, 6) is 1.21. The number of ether oxygens (including phenoxy) is 1. The highest BCUT2D eigenvalue weighted by Gasteiger charge is 2.28. The highest BCUT2D eigenvalue weighted by Crippen LogP contribution is 2.23. The van der Waals surface area contributed by atoms with Gasteiger partial charge in [-0.25, -0.2) is 4.98 Å². The molecule has 3 rings (SSSR count). The number of anilines is 1. The minimum absolute atomic E-state index is 0.0184. The third-order valence-corrected chi connectivity index (χ3v) is 4.41. The fourth-order valence-electron chi connectivity index (χ4n) is 3.10. The lowest BCUT2D eigenvalue weighted by molar-refractivity contribution is -0.119. The zero-order chi connectivity index (χ0) is 16.9. The van der Waals surface area contributed by atoms with Crippen LogP contribution in [0.4, 0.5) is 5.82 Å². The Kier molecular flexibility index (Phi) is 5.30. The van der Waals surface area contributed by atoms with Crippen molar-refractivity contribution in [3.8, 4) is 0 Å². The molecule has 0 saturated carbocycles. The van der Waals surface area contributed by atoms with E-state index in [4.69, 9.17) is 4.74 Å². The maximum Gasteiger partial charge on any atom is 0.256 e. The van der Waals surface area contributed by atoms with Crippen molar-refractivity contribution in [2.75, 3.05) is 38.2 Å². The second-order valence-corrected chi connectivity index (χ2v) is 6.36. The quantitative estimate of drug-likeness (QED) is 0.812. The molecule has 7 nitrogen and oxygen atoms in total. The lowest BCUT2D eigenvalue weighted by Crippen LogP contribution is -2.34. The number of amides is 2. The Bertz CT molecular complexity index is 614. The molecule has 7 heteroatoms. The van der Waals surface area contributed by atoms with E-state index in [1.54, 1.807) is 4.90 Å². The van der Waals surface area contributed by atoms with Gasteiger partial charge in [-0.1, -0.05) is 0 Å². The van der Waals surface area contributed by atoms with E-state index in [0.29, 0.717) is 31.1 Å². The maximum absolute atomic E-state index is 12.3. The van der Waals surface area contributed by atoms with Crippen molar-refractivity contribution in [1.29, 1.82) is 0 Å². The van der Waals surface area contributed by atoms with Gasteiger partial charge in [-0.2, -0.15) is 0 Å². The van der Waals surface area contributed by atoms with Crippen LogP contribution in [0.2, 0.25) is 0 Å². The van der Waals surface area contributed by atoms with Crippen LogP contribution in [0.3, 0.4) is 0 Å². The van der Waals surface area contributed by atoms with E-state index in [2.05, 4.69) is 15.6 Å². The molecule has 130 valence electrons. The molecule has 3 heterocycles. The predicted molar refractivity (Wildman–Crippen MR) is 89.7 cm³/mol. The predicted octanol–water partition coefficient (Wildman–Crippen LogP) is 1.01. The second kappa shape index (κ2) is 7.61. The maximum atomic E-state index is 12.3. The van der Waals surface area contributed by atoms with Crippen LogP contribution >= 0.6 is 0 Å². The molecular formula is C17H24N4O3. The smallest absolute Gasteiger partial charge is 0.256 e. The molecule has 0 spiro atoms. The van der Waals surface area contributed by atoms with Gasteiger partial charge in [0.2, 0.25) is 5.91 Å². The Morgan fingerprint density at radius 2 is 2.33 bits per heavy atom. The summed E-state index contributed by atoms with van der Waals surface area (Å²) in [5, 5.41) is 6.06. The number of hydrogen-bond donors (Lipinski definition) is 2. The molecule has 2 amide bonds. The van der Waals surface area contributed by atoms with E-state index in [9.17, 15) is 9.59 Å². The van der Waals surface area contributed by atoms with Gasteiger partial charge >= 0.3 is 0 Å². The number of fused-ring (bicyclic) bond motifs is 1. The van der Waals surface area contributed by atoms with E-state index >= 15 is 0 Å². The highest BCUT2D eigenvalue weighted by molar-refractivity contribution is 5.98. The number of pyridine rings is 1. The van der Waals surface area contributed by atoms with E-state index in [1.165, 1.54) is 13.3 Å². The first kappa shape index (κ1) is 16.7. The van der Waals surface area contributed by atoms with Crippen LogP contribution in [-0.4, -0.2) is 54.5 Å². The van der Waals surface area contributed by atoms with Crippen molar-refractivity contribution in [1.82, 2.24) is 15.2 Å². The van der Waals surface area contributed by atoms with Crippen LogP contribution in [0.25, 0.3) is 0 Å². The van der Waals surface area contributed by atoms with Crippen LogP contribution in [0.15, 0.2) is 12.1 Å². The average Bonchev–Trinajstić information content (AvgIpc) is 2.89. The molecule has 1 aromatic heterocycles. The number of nitrogens with zero attached hydrogens (tertiary/aromatic N) is 2. The summed E-state index contributed by atoms with van der Waals surface area (Å²) >= 11 is 0. The van der Waals surface area contributed by atoms with Gasteiger partial charge in [-0.3, -0.25) is 9.59 Å². The summed E-state index contributed by atoms with van der Waals surface area (Å²) < 4.78 is 5.49. The zero-order valence-corrected chi connectivity index (χ0v) is 14.0.